The number of halogens is 3. The van der Waals surface area contributed by atoms with E-state index >= 15 is 4.39 Å². The first-order valence-electron chi connectivity index (χ1n) is 16.2. The maximum absolute atomic E-state index is 15.6. The number of esters is 2. The summed E-state index contributed by atoms with van der Waals surface area (Å²) in [5, 5.41) is 11.7. The molecule has 2 unspecified atom stereocenters. The number of rotatable bonds is 17. The quantitative estimate of drug-likeness (QED) is 0.0503. The number of carbonyl (C=O) groups is 3. The van der Waals surface area contributed by atoms with Crippen LogP contribution in [0.5, 0.6) is 0 Å². The minimum absolute atomic E-state index is 0.116. The third kappa shape index (κ3) is 13.3. The molecular formula is C35H33F3N4O12S2. The molecule has 1 saturated heterocycles. The van der Waals surface area contributed by atoms with Crippen molar-refractivity contribution in [3.63, 3.8) is 0 Å². The zero-order valence-electron chi connectivity index (χ0n) is 29.2. The highest BCUT2D eigenvalue weighted by atomic mass is 32.2. The van der Waals surface area contributed by atoms with Gasteiger partial charge in [-0.15, -0.1) is 11.8 Å². The second kappa shape index (κ2) is 20.4. The van der Waals surface area contributed by atoms with Gasteiger partial charge in [-0.2, -0.15) is 18.8 Å². The molecule has 56 heavy (non-hydrogen) atoms. The fourth-order valence-corrected chi connectivity index (χ4v) is 6.57. The molecule has 1 N–H and O–H groups in total. The van der Waals surface area contributed by atoms with Crippen molar-refractivity contribution in [2.45, 2.75) is 35.9 Å². The number of ether oxygens (including phenoxy) is 6. The number of carbonyl (C=O) groups excluding carboxylic acids is 3. The Morgan fingerprint density at radius 1 is 1.07 bits per heavy atom. The molecule has 0 spiro atoms. The Bertz CT molecular complexity index is 2090. The van der Waals surface area contributed by atoms with Crippen LogP contribution in [0.1, 0.15) is 23.6 Å². The van der Waals surface area contributed by atoms with Crippen LogP contribution in [0.4, 0.5) is 18.0 Å². The van der Waals surface area contributed by atoms with E-state index in [0.29, 0.717) is 18.2 Å². The van der Waals surface area contributed by atoms with Crippen molar-refractivity contribution in [3.8, 4) is 6.07 Å². The molecule has 0 amide bonds. The summed E-state index contributed by atoms with van der Waals surface area (Å²) in [5.41, 5.74) is -1.78. The van der Waals surface area contributed by atoms with E-state index in [4.69, 9.17) is 33.5 Å². The SMILES string of the molecule is CC(SC1COC(C=CC=Cc2ccc(C#N)cc2F)OC1)C(Cn1cncn1)(OC(=O)OCOC(=O)C=CC(=O)OCCS(=O)(=O)O)c1ccc(F)cc1F. The van der Waals surface area contributed by atoms with E-state index in [9.17, 15) is 31.6 Å². The number of nitrogens with zero attached hydrogens (tertiary/aromatic N) is 4. The van der Waals surface area contributed by atoms with Gasteiger partial charge in [0, 0.05) is 34.6 Å². The molecule has 1 aliphatic rings. The monoisotopic (exact) mass is 822 g/mol. The second-order valence-corrected chi connectivity index (χ2v) is 14.7. The van der Waals surface area contributed by atoms with Crippen molar-refractivity contribution in [3.05, 3.63) is 114 Å². The van der Waals surface area contributed by atoms with Gasteiger partial charge in [0.25, 0.3) is 10.1 Å². The van der Waals surface area contributed by atoms with E-state index in [0.717, 1.165) is 18.2 Å². The smallest absolute Gasteiger partial charge is 0.461 e. The molecule has 298 valence electrons. The third-order valence-corrected chi connectivity index (χ3v) is 9.69. The van der Waals surface area contributed by atoms with Crippen LogP contribution in [0.2, 0.25) is 0 Å². The highest BCUT2D eigenvalue weighted by molar-refractivity contribution is 8.00. The Hall–Kier alpha value is -5.53. The van der Waals surface area contributed by atoms with Crippen LogP contribution < -0.4 is 0 Å². The van der Waals surface area contributed by atoms with E-state index in [1.54, 1.807) is 25.2 Å². The number of nitriles is 1. The highest BCUT2D eigenvalue weighted by Crippen LogP contribution is 2.42. The number of aromatic nitrogens is 3. The molecule has 0 saturated carbocycles. The van der Waals surface area contributed by atoms with E-state index in [1.165, 1.54) is 47.3 Å². The van der Waals surface area contributed by atoms with Crippen LogP contribution in [-0.4, -0.2) is 95.0 Å². The standard InChI is InChI=1S/C35H33F3N4O12S2/c1-23(55-27-17-50-33(51-18-27)5-3-2-4-25-7-6-24(16-39)14-29(25)37)35(19-42-21-40-20-41-42,28-9-8-26(36)15-30(28)38)54-34(45)53-22-52-32(44)11-10-31(43)49-12-13-56(46,47)48/h2-11,14-15,20-21,23,27,33H,12-13,17-19,22H2,1H3,(H,46,47,48). The Kier molecular flexibility index (Phi) is 15.7. The average Bonchev–Trinajstić information content (AvgIpc) is 3.65. The first-order chi connectivity index (χ1) is 26.7. The van der Waals surface area contributed by atoms with Crippen LogP contribution in [0.25, 0.3) is 6.08 Å². The molecule has 16 nitrogen and oxygen atoms in total. The predicted octanol–water partition coefficient (Wildman–Crippen LogP) is 4.24. The van der Waals surface area contributed by atoms with Gasteiger partial charge in [-0.1, -0.05) is 24.3 Å². The lowest BCUT2D eigenvalue weighted by Gasteiger charge is -2.40. The first kappa shape index (κ1) is 43.2. The number of allylic oxidation sites excluding steroid dienone is 2. The van der Waals surface area contributed by atoms with Crippen LogP contribution in [0.15, 0.2) is 79.4 Å². The van der Waals surface area contributed by atoms with Gasteiger partial charge in [0.15, 0.2) is 11.9 Å². The van der Waals surface area contributed by atoms with Crippen molar-refractivity contribution >= 4 is 46.1 Å². The lowest BCUT2D eigenvalue weighted by atomic mass is 9.89. The topological polar surface area (TPSA) is 215 Å². The average molecular weight is 823 g/mol. The van der Waals surface area contributed by atoms with Gasteiger partial charge < -0.3 is 28.4 Å². The molecule has 2 heterocycles. The molecule has 2 atom stereocenters. The van der Waals surface area contributed by atoms with Gasteiger partial charge in [0.2, 0.25) is 6.79 Å². The molecule has 0 radical (unpaired) electrons. The normalized spacial score (nSPS) is 17.6. The fraction of sp³-hybridized carbons (Fsp3) is 0.314. The van der Waals surface area contributed by atoms with Gasteiger partial charge >= 0.3 is 18.1 Å². The Morgan fingerprint density at radius 2 is 1.80 bits per heavy atom. The summed E-state index contributed by atoms with van der Waals surface area (Å²) >= 11 is 1.18. The molecular weight excluding hydrogens is 790 g/mol. The largest absolute Gasteiger partial charge is 0.512 e. The molecule has 1 fully saturated rings. The number of hydrogen-bond acceptors (Lipinski definition) is 15. The van der Waals surface area contributed by atoms with E-state index in [1.807, 2.05) is 6.07 Å². The maximum atomic E-state index is 15.6. The van der Waals surface area contributed by atoms with Gasteiger partial charge in [-0.05, 0) is 37.3 Å². The van der Waals surface area contributed by atoms with Crippen molar-refractivity contribution in [1.29, 1.82) is 5.26 Å². The molecule has 1 aromatic heterocycles. The lowest BCUT2D eigenvalue weighted by molar-refractivity contribution is -0.150. The minimum Gasteiger partial charge on any atom is -0.461 e. The van der Waals surface area contributed by atoms with E-state index < -0.39 is 87.2 Å². The van der Waals surface area contributed by atoms with Gasteiger partial charge in [-0.25, -0.2) is 37.2 Å². The number of hydrogen-bond donors (Lipinski definition) is 1. The first-order valence-corrected chi connectivity index (χ1v) is 18.8. The highest BCUT2D eigenvalue weighted by Gasteiger charge is 2.47. The third-order valence-electron chi connectivity index (χ3n) is 7.57. The zero-order valence-corrected chi connectivity index (χ0v) is 30.9. The summed E-state index contributed by atoms with van der Waals surface area (Å²) < 4.78 is 107. The molecule has 4 rings (SSSR count). The van der Waals surface area contributed by atoms with E-state index in [-0.39, 0.29) is 36.4 Å². The summed E-state index contributed by atoms with van der Waals surface area (Å²) in [7, 11) is -4.38. The summed E-state index contributed by atoms with van der Waals surface area (Å²) in [4.78, 5) is 40.7. The summed E-state index contributed by atoms with van der Waals surface area (Å²) in [6.07, 6.45) is 7.69. The Morgan fingerprint density at radius 3 is 2.45 bits per heavy atom. The molecule has 3 aromatic rings. The zero-order chi connectivity index (χ0) is 40.7. The molecule has 2 aromatic carbocycles. The molecule has 0 aliphatic carbocycles. The van der Waals surface area contributed by atoms with Crippen LogP contribution in [0, 0.1) is 28.8 Å². The van der Waals surface area contributed by atoms with Crippen LogP contribution in [-0.2, 0) is 60.3 Å². The summed E-state index contributed by atoms with van der Waals surface area (Å²) in [6.45, 7) is -0.235. The molecule has 21 heteroatoms. The maximum Gasteiger partial charge on any atom is 0.512 e. The minimum atomic E-state index is -4.38. The van der Waals surface area contributed by atoms with Gasteiger partial charge in [0.05, 0.1) is 36.6 Å². The second-order valence-electron chi connectivity index (χ2n) is 11.5. The predicted molar refractivity (Wildman–Crippen MR) is 189 cm³/mol. The van der Waals surface area contributed by atoms with Crippen LogP contribution in [0.3, 0.4) is 0 Å². The van der Waals surface area contributed by atoms with Crippen molar-refractivity contribution in [1.82, 2.24) is 14.8 Å². The van der Waals surface area contributed by atoms with Crippen molar-refractivity contribution in [2.24, 2.45) is 0 Å². The number of thioether (sulfide) groups is 1. The van der Waals surface area contributed by atoms with Crippen molar-refractivity contribution < 1.29 is 68.9 Å². The Balaban J connectivity index is 1.42. The van der Waals surface area contributed by atoms with Gasteiger partial charge in [-0.3, -0.25) is 4.55 Å². The molecule has 0 bridgehead atoms. The molecule has 1 aliphatic heterocycles. The summed E-state index contributed by atoms with van der Waals surface area (Å²) in [5.74, 6) is -5.72. The Labute approximate surface area is 322 Å². The van der Waals surface area contributed by atoms with Crippen LogP contribution >= 0.6 is 11.8 Å². The fourth-order valence-electron chi connectivity index (χ4n) is 4.92. The lowest BCUT2D eigenvalue weighted by Crippen LogP contribution is -2.47. The van der Waals surface area contributed by atoms with Crippen molar-refractivity contribution in [2.75, 3.05) is 32.4 Å². The summed E-state index contributed by atoms with van der Waals surface area (Å²) in [6, 6.07) is 8.62. The number of benzene rings is 2. The van der Waals surface area contributed by atoms with E-state index in [2.05, 4.69) is 14.8 Å². The van der Waals surface area contributed by atoms with Gasteiger partial charge in [0.1, 0.15) is 42.5 Å².